The number of allylic oxidation sites excluding steroid dienone is 4. The van der Waals surface area contributed by atoms with Gasteiger partial charge in [0.25, 0.3) is 0 Å². The summed E-state index contributed by atoms with van der Waals surface area (Å²) >= 11 is 0. The highest BCUT2D eigenvalue weighted by Gasteiger charge is 2.59. The Hall–Kier alpha value is -0.560. The van der Waals surface area contributed by atoms with Crippen molar-refractivity contribution in [3.05, 3.63) is 23.3 Å². The van der Waals surface area contributed by atoms with Gasteiger partial charge in [-0.1, -0.05) is 64.8 Å². The van der Waals surface area contributed by atoms with Crippen LogP contribution in [0.15, 0.2) is 23.3 Å². The summed E-state index contributed by atoms with van der Waals surface area (Å²) in [6, 6.07) is -0.127. The average Bonchev–Trinajstić information content (AvgIpc) is 3.13. The summed E-state index contributed by atoms with van der Waals surface area (Å²) in [5.41, 5.74) is 3.25. The van der Waals surface area contributed by atoms with Crippen LogP contribution in [0.2, 0.25) is 0 Å². The van der Waals surface area contributed by atoms with Gasteiger partial charge < -0.3 is 5.11 Å². The summed E-state index contributed by atoms with van der Waals surface area (Å²) in [4.78, 5) is 0. The Bertz CT molecular complexity index is 857. The van der Waals surface area contributed by atoms with Crippen LogP contribution in [0.3, 0.4) is 0 Å². The second-order valence-electron chi connectivity index (χ2n) is 12.7. The van der Waals surface area contributed by atoms with Crippen LogP contribution in [0.4, 0.5) is 0 Å². The van der Waals surface area contributed by atoms with E-state index in [1.54, 1.807) is 5.57 Å². The zero-order valence-corrected chi connectivity index (χ0v) is 21.0. The molecule has 3 saturated carbocycles. The number of hydrogen-bond acceptors (Lipinski definition) is 1. The summed E-state index contributed by atoms with van der Waals surface area (Å²) in [6.07, 6.45) is 12.6. The summed E-state index contributed by atoms with van der Waals surface area (Å²) in [6.45, 7) is 11.5. The smallest absolute Gasteiger partial charge is 0.0572 e. The van der Waals surface area contributed by atoms with Gasteiger partial charge in [0.15, 0.2) is 0 Å². The lowest BCUT2D eigenvalue weighted by atomic mass is 9.46. The summed E-state index contributed by atoms with van der Waals surface area (Å²) in [7, 11) is 0. The third-order valence-corrected chi connectivity index (χ3v) is 11.1. The molecule has 0 aromatic heterocycles. The highest BCUT2D eigenvalue weighted by Crippen LogP contribution is 2.67. The molecule has 0 aromatic carbocycles. The van der Waals surface area contributed by atoms with Crippen LogP contribution in [0, 0.1) is 52.3 Å². The summed E-state index contributed by atoms with van der Waals surface area (Å²) in [5, 5.41) is 10.5. The fourth-order valence-corrected chi connectivity index (χ4v) is 9.00. The molecule has 9 atom stereocenters. The molecule has 0 spiro atoms. The molecule has 31 heavy (non-hydrogen) atoms. The van der Waals surface area contributed by atoms with Gasteiger partial charge in [0.1, 0.15) is 0 Å². The molecular weight excluding hydrogens is 376 g/mol. The van der Waals surface area contributed by atoms with E-state index >= 15 is 0 Å². The Morgan fingerprint density at radius 3 is 2.58 bits per heavy atom. The Balaban J connectivity index is 1.51. The molecule has 4 rings (SSSR count). The van der Waals surface area contributed by atoms with E-state index in [9.17, 15) is 5.11 Å². The zero-order chi connectivity index (χ0) is 25.9. The predicted molar refractivity (Wildman–Crippen MR) is 133 cm³/mol. The van der Waals surface area contributed by atoms with Crippen LogP contribution in [0.25, 0.3) is 0 Å². The van der Waals surface area contributed by atoms with Crippen molar-refractivity contribution in [2.24, 2.45) is 52.3 Å². The molecule has 1 heteroatoms. The van der Waals surface area contributed by atoms with E-state index in [0.29, 0.717) is 46.3 Å². The first-order valence-electron chi connectivity index (χ1n) is 15.3. The minimum absolute atomic E-state index is 0.106. The molecule has 4 aliphatic rings. The van der Waals surface area contributed by atoms with E-state index in [0.717, 1.165) is 37.7 Å². The van der Waals surface area contributed by atoms with Gasteiger partial charge in [0, 0.05) is 4.11 Å². The highest BCUT2D eigenvalue weighted by atomic mass is 16.3. The Labute approximate surface area is 198 Å². The van der Waals surface area contributed by atoms with Crippen molar-refractivity contribution in [3.8, 4) is 0 Å². The van der Waals surface area contributed by atoms with Crippen molar-refractivity contribution >= 4 is 0 Å². The van der Waals surface area contributed by atoms with Gasteiger partial charge in [0.2, 0.25) is 0 Å². The third kappa shape index (κ3) is 3.79. The summed E-state index contributed by atoms with van der Waals surface area (Å²) < 4.78 is 31.4. The second-order valence-corrected chi connectivity index (χ2v) is 12.7. The van der Waals surface area contributed by atoms with E-state index in [1.165, 1.54) is 25.7 Å². The molecule has 0 saturated heterocycles. The van der Waals surface area contributed by atoms with Gasteiger partial charge in [-0.3, -0.25) is 0 Å². The largest absolute Gasteiger partial charge is 0.393 e. The molecule has 1 N–H and O–H groups in total. The molecule has 4 aliphatic carbocycles. The Morgan fingerprint density at radius 1 is 1.16 bits per heavy atom. The first-order chi connectivity index (χ1) is 16.2. The SMILES string of the molecule is [2H]/C(=C(\CC[C@@H](C)[C@H]1CC[C@H]2C3=CC[C@H]4[C@H](C)[C@@H](O)CC[C@]4(C)[C@H]3CC[C@]12C)C(C)C)C([2H])([2H])[2H]. The zero-order valence-electron chi connectivity index (χ0n) is 25.0. The van der Waals surface area contributed by atoms with Crippen LogP contribution in [-0.2, 0) is 0 Å². The molecular formula is C30H50O. The Kier molecular flexibility index (Phi) is 5.26. The van der Waals surface area contributed by atoms with Gasteiger partial charge in [-0.25, -0.2) is 0 Å². The maximum atomic E-state index is 10.5. The monoisotopic (exact) mass is 430 g/mol. The fourth-order valence-electron chi connectivity index (χ4n) is 9.00. The normalized spacial score (nSPS) is 48.8. The van der Waals surface area contributed by atoms with Crippen molar-refractivity contribution < 1.29 is 10.6 Å². The van der Waals surface area contributed by atoms with Crippen LogP contribution < -0.4 is 0 Å². The van der Waals surface area contributed by atoms with Crippen LogP contribution in [0.1, 0.15) is 112 Å². The minimum Gasteiger partial charge on any atom is -0.393 e. The molecule has 0 bridgehead atoms. The standard InChI is InChI=1S/C30H50O/c1-8-22(19(2)3)10-9-20(4)24-13-14-26-23-11-12-25-21(5)28(31)16-18-30(25,7)27(23)15-17-29(24,26)6/h8,11,19-21,24-28,31H,9-10,12-18H2,1-7H3/b22-8-/t20-,21+,24-,25+,26+,27+,28+,29-,30+/m1/s1/i1D3,8D. The quantitative estimate of drug-likeness (QED) is 0.436. The molecule has 176 valence electrons. The van der Waals surface area contributed by atoms with E-state index in [4.69, 9.17) is 5.48 Å². The number of aliphatic hydroxyl groups excluding tert-OH is 1. The molecule has 0 aromatic rings. The molecule has 1 nitrogen and oxygen atoms in total. The lowest BCUT2D eigenvalue weighted by Crippen LogP contribution is -2.52. The van der Waals surface area contributed by atoms with Gasteiger partial charge in [-0.15, -0.1) is 0 Å². The maximum absolute atomic E-state index is 10.5. The van der Waals surface area contributed by atoms with Crippen molar-refractivity contribution in [2.45, 2.75) is 112 Å². The van der Waals surface area contributed by atoms with Crippen LogP contribution in [-0.4, -0.2) is 11.2 Å². The first kappa shape index (κ1) is 18.8. The predicted octanol–water partition coefficient (Wildman–Crippen LogP) is 8.19. The number of rotatable bonds is 5. The molecule has 0 radical (unpaired) electrons. The maximum Gasteiger partial charge on any atom is 0.0572 e. The van der Waals surface area contributed by atoms with E-state index in [1.807, 2.05) is 13.8 Å². The van der Waals surface area contributed by atoms with Crippen molar-refractivity contribution in [1.29, 1.82) is 0 Å². The third-order valence-electron chi connectivity index (χ3n) is 11.1. The Morgan fingerprint density at radius 2 is 1.87 bits per heavy atom. The van der Waals surface area contributed by atoms with Crippen molar-refractivity contribution in [2.75, 3.05) is 0 Å². The number of aliphatic hydroxyl groups is 1. The van der Waals surface area contributed by atoms with Gasteiger partial charge in [-0.05, 0) is 117 Å². The van der Waals surface area contributed by atoms with Gasteiger partial charge in [0.05, 0.1) is 7.47 Å². The average molecular weight is 431 g/mol. The molecule has 0 unspecified atom stereocenters. The highest BCUT2D eigenvalue weighted by molar-refractivity contribution is 5.28. The topological polar surface area (TPSA) is 20.2 Å². The fraction of sp³-hybridized carbons (Fsp3) is 0.867. The van der Waals surface area contributed by atoms with Gasteiger partial charge >= 0.3 is 0 Å². The summed E-state index contributed by atoms with van der Waals surface area (Å²) in [5.74, 6) is 3.69. The molecule has 0 heterocycles. The number of fused-ring (bicyclic) bond motifs is 5. The van der Waals surface area contributed by atoms with E-state index in [2.05, 4.69) is 33.8 Å². The van der Waals surface area contributed by atoms with E-state index in [-0.39, 0.29) is 18.1 Å². The minimum atomic E-state index is -2.31. The molecule has 0 amide bonds. The second kappa shape index (κ2) is 8.66. The lowest BCUT2D eigenvalue weighted by Gasteiger charge is -2.59. The van der Waals surface area contributed by atoms with Crippen LogP contribution >= 0.6 is 0 Å². The van der Waals surface area contributed by atoms with E-state index < -0.39 is 6.85 Å². The van der Waals surface area contributed by atoms with Crippen molar-refractivity contribution in [3.63, 3.8) is 0 Å². The molecule has 3 fully saturated rings. The van der Waals surface area contributed by atoms with Crippen LogP contribution in [0.5, 0.6) is 0 Å². The van der Waals surface area contributed by atoms with Gasteiger partial charge in [-0.2, -0.15) is 0 Å². The number of hydrogen-bond donors (Lipinski definition) is 1. The molecule has 0 aliphatic heterocycles. The first-order valence-corrected chi connectivity index (χ1v) is 13.3. The lowest BCUT2D eigenvalue weighted by molar-refractivity contribution is -0.0773. The van der Waals surface area contributed by atoms with Crippen molar-refractivity contribution in [1.82, 2.24) is 0 Å².